The minimum absolute atomic E-state index is 0.117. The summed E-state index contributed by atoms with van der Waals surface area (Å²) in [6, 6.07) is 9.50. The summed E-state index contributed by atoms with van der Waals surface area (Å²) in [6.45, 7) is 2.32. The molecule has 0 saturated carbocycles. The lowest BCUT2D eigenvalue weighted by atomic mass is 10.0. The zero-order chi connectivity index (χ0) is 17.1. The van der Waals surface area contributed by atoms with Gasteiger partial charge in [0.25, 0.3) is 0 Å². The van der Waals surface area contributed by atoms with E-state index in [4.69, 9.17) is 4.74 Å². The maximum absolute atomic E-state index is 12.8. The molecule has 1 aromatic heterocycles. The highest BCUT2D eigenvalue weighted by atomic mass is 16.5. The molecule has 0 radical (unpaired) electrons. The molecule has 24 heavy (non-hydrogen) atoms. The predicted molar refractivity (Wildman–Crippen MR) is 86.7 cm³/mol. The third-order valence-electron chi connectivity index (χ3n) is 4.13. The second-order valence-electron chi connectivity index (χ2n) is 5.64. The number of pyridine rings is 1. The van der Waals surface area contributed by atoms with Crippen molar-refractivity contribution in [2.45, 2.75) is 19.4 Å². The van der Waals surface area contributed by atoms with Crippen molar-refractivity contribution in [2.75, 3.05) is 13.2 Å². The Morgan fingerprint density at radius 1 is 1.29 bits per heavy atom. The van der Waals surface area contributed by atoms with Crippen LogP contribution in [0, 0.1) is 6.92 Å². The van der Waals surface area contributed by atoms with Crippen LogP contribution in [-0.2, 0) is 16.0 Å². The zero-order valence-electron chi connectivity index (χ0n) is 13.3. The SMILES string of the molecule is Cc1ncccc1CC(=O)N1CCOc2ccccc2C1C(=O)O. The first-order valence-corrected chi connectivity index (χ1v) is 7.72. The van der Waals surface area contributed by atoms with Crippen LogP contribution in [0.25, 0.3) is 0 Å². The third-order valence-corrected chi connectivity index (χ3v) is 4.13. The molecule has 1 aliphatic rings. The van der Waals surface area contributed by atoms with Crippen molar-refractivity contribution in [3.05, 3.63) is 59.4 Å². The lowest BCUT2D eigenvalue weighted by molar-refractivity contribution is -0.150. The van der Waals surface area contributed by atoms with Crippen LogP contribution in [-0.4, -0.2) is 40.0 Å². The molecule has 1 unspecified atom stereocenters. The number of nitrogens with zero attached hydrogens (tertiary/aromatic N) is 2. The van der Waals surface area contributed by atoms with Gasteiger partial charge in [0.2, 0.25) is 5.91 Å². The molecule has 0 spiro atoms. The highest BCUT2D eigenvalue weighted by Gasteiger charge is 2.35. The number of aromatic nitrogens is 1. The summed E-state index contributed by atoms with van der Waals surface area (Å²) in [5.74, 6) is -0.805. The number of amides is 1. The number of para-hydroxylation sites is 1. The third kappa shape index (κ3) is 3.08. The van der Waals surface area contributed by atoms with Crippen molar-refractivity contribution in [1.82, 2.24) is 9.88 Å². The van der Waals surface area contributed by atoms with E-state index in [1.54, 1.807) is 36.5 Å². The summed E-state index contributed by atoms with van der Waals surface area (Å²) in [5.41, 5.74) is 2.06. The van der Waals surface area contributed by atoms with E-state index in [0.29, 0.717) is 11.3 Å². The molecule has 0 aliphatic carbocycles. The summed E-state index contributed by atoms with van der Waals surface area (Å²) in [5, 5.41) is 9.69. The molecule has 6 heteroatoms. The van der Waals surface area contributed by atoms with Crippen molar-refractivity contribution in [3.63, 3.8) is 0 Å². The second kappa shape index (κ2) is 6.70. The largest absolute Gasteiger partial charge is 0.491 e. The van der Waals surface area contributed by atoms with Crippen LogP contribution in [0.4, 0.5) is 0 Å². The number of hydrogen-bond acceptors (Lipinski definition) is 4. The van der Waals surface area contributed by atoms with E-state index in [2.05, 4.69) is 4.98 Å². The van der Waals surface area contributed by atoms with Gasteiger partial charge >= 0.3 is 5.97 Å². The highest BCUT2D eigenvalue weighted by Crippen LogP contribution is 2.32. The first-order valence-electron chi connectivity index (χ1n) is 7.72. The van der Waals surface area contributed by atoms with Gasteiger partial charge in [-0.15, -0.1) is 0 Å². The number of ether oxygens (including phenoxy) is 1. The molecular weight excluding hydrogens is 308 g/mol. The lowest BCUT2D eigenvalue weighted by Gasteiger charge is -2.27. The Kier molecular flexibility index (Phi) is 4.46. The number of benzene rings is 1. The van der Waals surface area contributed by atoms with Gasteiger partial charge in [-0.3, -0.25) is 9.78 Å². The Morgan fingerprint density at radius 2 is 2.08 bits per heavy atom. The predicted octanol–water partition coefficient (Wildman–Crippen LogP) is 1.98. The van der Waals surface area contributed by atoms with Gasteiger partial charge in [0.1, 0.15) is 12.4 Å². The number of carbonyl (C=O) groups is 2. The number of carboxylic acid groups (broad SMARTS) is 1. The van der Waals surface area contributed by atoms with Gasteiger partial charge in [-0.05, 0) is 24.6 Å². The molecule has 1 amide bonds. The number of aliphatic carboxylic acids is 1. The van der Waals surface area contributed by atoms with Crippen molar-refractivity contribution < 1.29 is 19.4 Å². The molecule has 0 bridgehead atoms. The average molecular weight is 326 g/mol. The molecule has 6 nitrogen and oxygen atoms in total. The quantitative estimate of drug-likeness (QED) is 0.933. The Bertz CT molecular complexity index is 775. The zero-order valence-corrected chi connectivity index (χ0v) is 13.3. The Balaban J connectivity index is 1.92. The molecule has 124 valence electrons. The number of rotatable bonds is 3. The summed E-state index contributed by atoms with van der Waals surface area (Å²) in [6.07, 6.45) is 1.78. The van der Waals surface area contributed by atoms with Gasteiger partial charge in [0, 0.05) is 17.5 Å². The van der Waals surface area contributed by atoms with Crippen molar-refractivity contribution >= 4 is 11.9 Å². The van der Waals surface area contributed by atoms with Crippen LogP contribution >= 0.6 is 0 Å². The Hall–Kier alpha value is -2.89. The molecule has 1 N–H and O–H groups in total. The molecule has 1 atom stereocenters. The van der Waals surface area contributed by atoms with Crippen molar-refractivity contribution in [2.24, 2.45) is 0 Å². The second-order valence-corrected chi connectivity index (χ2v) is 5.64. The van der Waals surface area contributed by atoms with Crippen molar-refractivity contribution in [1.29, 1.82) is 0 Å². The van der Waals surface area contributed by atoms with E-state index in [1.807, 2.05) is 13.0 Å². The fourth-order valence-corrected chi connectivity index (χ4v) is 2.89. The van der Waals surface area contributed by atoms with E-state index < -0.39 is 12.0 Å². The van der Waals surface area contributed by atoms with Crippen LogP contribution in [0.5, 0.6) is 5.75 Å². The van der Waals surface area contributed by atoms with E-state index >= 15 is 0 Å². The van der Waals surface area contributed by atoms with Gasteiger partial charge in [-0.1, -0.05) is 24.3 Å². The minimum atomic E-state index is -1.07. The molecule has 0 fully saturated rings. The normalized spacial score (nSPS) is 16.7. The number of hydrogen-bond donors (Lipinski definition) is 1. The molecule has 1 aromatic carbocycles. The number of aryl methyl sites for hydroxylation is 1. The maximum atomic E-state index is 12.8. The minimum Gasteiger partial charge on any atom is -0.491 e. The molecular formula is C18H18N2O4. The van der Waals surface area contributed by atoms with E-state index in [9.17, 15) is 14.7 Å². The molecule has 1 aliphatic heterocycles. The van der Waals surface area contributed by atoms with Crippen LogP contribution in [0.3, 0.4) is 0 Å². The van der Waals surface area contributed by atoms with Gasteiger partial charge in [-0.25, -0.2) is 4.79 Å². The van der Waals surface area contributed by atoms with Crippen LogP contribution in [0.2, 0.25) is 0 Å². The fourth-order valence-electron chi connectivity index (χ4n) is 2.89. The van der Waals surface area contributed by atoms with Gasteiger partial charge in [0.15, 0.2) is 6.04 Å². The average Bonchev–Trinajstić information content (AvgIpc) is 2.76. The van der Waals surface area contributed by atoms with E-state index in [-0.39, 0.29) is 25.5 Å². The first kappa shape index (κ1) is 16.0. The van der Waals surface area contributed by atoms with E-state index in [1.165, 1.54) is 4.90 Å². The van der Waals surface area contributed by atoms with Gasteiger partial charge in [-0.2, -0.15) is 0 Å². The Morgan fingerprint density at radius 3 is 2.83 bits per heavy atom. The standard InChI is InChI=1S/C18H18N2O4/c1-12-13(5-4-8-19-12)11-16(21)20-9-10-24-15-7-3-2-6-14(15)17(20)18(22)23/h2-8,17H,9-11H2,1H3,(H,22,23). The first-order chi connectivity index (χ1) is 11.6. The van der Waals surface area contributed by atoms with Crippen LogP contribution in [0.15, 0.2) is 42.6 Å². The summed E-state index contributed by atoms with van der Waals surface area (Å²) < 4.78 is 5.61. The molecule has 3 rings (SSSR count). The number of carbonyl (C=O) groups excluding carboxylic acids is 1. The fraction of sp³-hybridized carbons (Fsp3) is 0.278. The van der Waals surface area contributed by atoms with E-state index in [0.717, 1.165) is 11.3 Å². The Labute approximate surface area is 139 Å². The highest BCUT2D eigenvalue weighted by molar-refractivity contribution is 5.86. The lowest BCUT2D eigenvalue weighted by Crippen LogP contribution is -2.40. The topological polar surface area (TPSA) is 79.7 Å². The molecule has 2 heterocycles. The smallest absolute Gasteiger partial charge is 0.331 e. The van der Waals surface area contributed by atoms with Gasteiger partial charge < -0.3 is 14.7 Å². The van der Waals surface area contributed by atoms with Crippen molar-refractivity contribution in [3.8, 4) is 5.75 Å². The summed E-state index contributed by atoms with van der Waals surface area (Å²) in [7, 11) is 0. The molecule has 0 saturated heterocycles. The van der Waals surface area contributed by atoms with Gasteiger partial charge in [0.05, 0.1) is 13.0 Å². The molecule has 2 aromatic rings. The number of fused-ring (bicyclic) bond motifs is 1. The summed E-state index contributed by atoms with van der Waals surface area (Å²) in [4.78, 5) is 30.2. The summed E-state index contributed by atoms with van der Waals surface area (Å²) >= 11 is 0. The maximum Gasteiger partial charge on any atom is 0.331 e. The monoisotopic (exact) mass is 326 g/mol. The number of carboxylic acids is 1. The van der Waals surface area contributed by atoms with Crippen LogP contribution in [0.1, 0.15) is 22.9 Å². The van der Waals surface area contributed by atoms with Crippen LogP contribution < -0.4 is 4.74 Å².